The normalized spacial score (nSPS) is 20.2. The molecule has 12 nitrogen and oxygen atoms in total. The van der Waals surface area contributed by atoms with Crippen molar-refractivity contribution in [2.45, 2.75) is 38.5 Å². The Morgan fingerprint density at radius 1 is 0.976 bits per heavy atom. The zero-order chi connectivity index (χ0) is 29.1. The molecule has 1 aliphatic heterocycles. The van der Waals surface area contributed by atoms with E-state index in [0.29, 0.717) is 0 Å². The molecule has 1 N–H and O–H groups in total. The molecule has 1 aliphatic rings. The Kier molecular flexibility index (Phi) is 7.88. The number of anilines is 1. The second-order valence-corrected chi connectivity index (χ2v) is 9.56. The van der Waals surface area contributed by atoms with Gasteiger partial charge in [0.25, 0.3) is 0 Å². The lowest BCUT2D eigenvalue weighted by molar-refractivity contribution is -0.118. The molecule has 1 saturated heterocycles. The molecule has 0 unspecified atom stereocenters. The number of halogens is 1. The Balaban J connectivity index is 1.44. The number of aromatic nitrogens is 4. The van der Waals surface area contributed by atoms with Crippen LogP contribution >= 0.6 is 0 Å². The van der Waals surface area contributed by atoms with Gasteiger partial charge in [-0.1, -0.05) is 50.2 Å². The fourth-order valence-corrected chi connectivity index (χ4v) is 4.20. The summed E-state index contributed by atoms with van der Waals surface area (Å²) in [5.74, 6) is -2.62. The maximum atomic E-state index is 16.1. The molecule has 1 fully saturated rings. The molecule has 0 bridgehead atoms. The molecule has 1 amide bonds. The van der Waals surface area contributed by atoms with Crippen LogP contribution in [0.15, 0.2) is 77.9 Å². The van der Waals surface area contributed by atoms with Gasteiger partial charge in [0.15, 0.2) is 18.5 Å². The molecule has 4 atom stereocenters. The maximum absolute atomic E-state index is 16.1. The first-order chi connectivity index (χ1) is 19.7. The first kappa shape index (κ1) is 27.6. The number of alkyl halides is 1. The van der Waals surface area contributed by atoms with Crippen molar-refractivity contribution >= 4 is 29.6 Å². The standard InChI is InChI=1S/C28H26FN5O7/c1-16(2)22(35)30-26-31-27-33(13-14-34(27)28(38)32-26)23-20(29)21(41-25(37)18-11-7-4-8-12-18)19(40-23)15-39-24(36)17-9-5-3-6-10-17/h3-14,16,19-21,23H,15H2,1-2H3,(H,30,32,35,38)/t19-,20+,21-,23+/m1/s1. The van der Waals surface area contributed by atoms with E-state index < -0.39 is 60.7 Å². The van der Waals surface area contributed by atoms with Gasteiger partial charge in [-0.05, 0) is 24.3 Å². The number of rotatable bonds is 8. The van der Waals surface area contributed by atoms with Crippen LogP contribution in [0.5, 0.6) is 0 Å². The van der Waals surface area contributed by atoms with Gasteiger partial charge in [-0.25, -0.2) is 23.2 Å². The summed E-state index contributed by atoms with van der Waals surface area (Å²) in [6.45, 7) is 2.89. The highest BCUT2D eigenvalue weighted by molar-refractivity contribution is 5.91. The van der Waals surface area contributed by atoms with Crippen molar-refractivity contribution in [2.24, 2.45) is 5.92 Å². The molecule has 212 valence electrons. The molecule has 5 rings (SSSR count). The maximum Gasteiger partial charge on any atom is 0.357 e. The third-order valence-electron chi connectivity index (χ3n) is 6.38. The Bertz CT molecular complexity index is 1620. The van der Waals surface area contributed by atoms with Crippen molar-refractivity contribution in [2.75, 3.05) is 11.9 Å². The monoisotopic (exact) mass is 563 g/mol. The van der Waals surface area contributed by atoms with Crippen LogP contribution in [0.2, 0.25) is 0 Å². The predicted octanol–water partition coefficient (Wildman–Crippen LogP) is 2.80. The van der Waals surface area contributed by atoms with Gasteiger partial charge in [0.05, 0.1) is 11.1 Å². The molecule has 41 heavy (non-hydrogen) atoms. The number of esters is 2. The van der Waals surface area contributed by atoms with Gasteiger partial charge >= 0.3 is 17.6 Å². The molecule has 0 spiro atoms. The average molecular weight is 564 g/mol. The highest BCUT2D eigenvalue weighted by Gasteiger charge is 2.49. The second kappa shape index (κ2) is 11.7. The van der Waals surface area contributed by atoms with E-state index >= 15 is 4.39 Å². The fraction of sp³-hybridized carbons (Fsp3) is 0.286. The molecule has 0 saturated carbocycles. The molecule has 3 heterocycles. The van der Waals surface area contributed by atoms with E-state index in [1.807, 2.05) is 0 Å². The number of carbonyl (C=O) groups excluding carboxylic acids is 3. The minimum absolute atomic E-state index is 0.0771. The largest absolute Gasteiger partial charge is 0.459 e. The SMILES string of the molecule is CC(C)C(=O)Nc1nc(=O)n2ccn([C@H]3O[C@H](COC(=O)c4ccccc4)[C@@H](OC(=O)c4ccccc4)[C@@H]3F)c2n1. The van der Waals surface area contributed by atoms with Gasteiger partial charge in [-0.15, -0.1) is 0 Å². The van der Waals surface area contributed by atoms with Crippen LogP contribution in [0.25, 0.3) is 5.78 Å². The number of amides is 1. The predicted molar refractivity (Wildman–Crippen MR) is 142 cm³/mol. The summed E-state index contributed by atoms with van der Waals surface area (Å²) in [6, 6.07) is 16.2. The van der Waals surface area contributed by atoms with Crippen LogP contribution in [0, 0.1) is 5.92 Å². The van der Waals surface area contributed by atoms with Crippen LogP contribution in [-0.4, -0.2) is 61.8 Å². The Hall–Kier alpha value is -4.91. The molecule has 2 aromatic heterocycles. The zero-order valence-corrected chi connectivity index (χ0v) is 22.0. The van der Waals surface area contributed by atoms with E-state index in [9.17, 15) is 19.2 Å². The number of nitrogens with zero attached hydrogens (tertiary/aromatic N) is 4. The smallest absolute Gasteiger partial charge is 0.357 e. The van der Waals surface area contributed by atoms with E-state index in [-0.39, 0.29) is 22.9 Å². The Morgan fingerprint density at radius 3 is 2.24 bits per heavy atom. The quantitative estimate of drug-likeness (QED) is 0.320. The second-order valence-electron chi connectivity index (χ2n) is 9.56. The minimum atomic E-state index is -1.96. The van der Waals surface area contributed by atoms with Crippen LogP contribution < -0.4 is 11.0 Å². The average Bonchev–Trinajstić information content (AvgIpc) is 3.53. The third-order valence-corrected chi connectivity index (χ3v) is 6.38. The van der Waals surface area contributed by atoms with E-state index in [2.05, 4.69) is 15.3 Å². The van der Waals surface area contributed by atoms with Crippen molar-refractivity contribution in [3.63, 3.8) is 0 Å². The fourth-order valence-electron chi connectivity index (χ4n) is 4.20. The molecule has 4 aromatic rings. The summed E-state index contributed by atoms with van der Waals surface area (Å²) < 4.78 is 35.2. The summed E-state index contributed by atoms with van der Waals surface area (Å²) >= 11 is 0. The van der Waals surface area contributed by atoms with E-state index in [0.717, 1.165) is 4.40 Å². The van der Waals surface area contributed by atoms with Gasteiger partial charge in [0, 0.05) is 18.3 Å². The van der Waals surface area contributed by atoms with Gasteiger partial charge in [-0.3, -0.25) is 14.7 Å². The highest BCUT2D eigenvalue weighted by Crippen LogP contribution is 2.35. The van der Waals surface area contributed by atoms with Crippen LogP contribution in [0.3, 0.4) is 0 Å². The summed E-state index contributed by atoms with van der Waals surface area (Å²) in [5, 5.41) is 2.45. The van der Waals surface area contributed by atoms with Crippen molar-refractivity contribution in [1.82, 2.24) is 18.9 Å². The topological polar surface area (TPSA) is 143 Å². The lowest BCUT2D eigenvalue weighted by Gasteiger charge is -2.19. The zero-order valence-electron chi connectivity index (χ0n) is 22.0. The number of carbonyl (C=O) groups is 3. The van der Waals surface area contributed by atoms with E-state index in [1.54, 1.807) is 62.4 Å². The van der Waals surface area contributed by atoms with E-state index in [4.69, 9.17) is 14.2 Å². The number of nitrogens with one attached hydrogen (secondary N) is 1. The molecular formula is C28H26FN5O7. The van der Waals surface area contributed by atoms with Gasteiger partial charge in [0.2, 0.25) is 17.6 Å². The molecule has 0 aliphatic carbocycles. The van der Waals surface area contributed by atoms with Crippen molar-refractivity contribution < 1.29 is 33.0 Å². The van der Waals surface area contributed by atoms with Gasteiger partial charge in [0.1, 0.15) is 12.7 Å². The third kappa shape index (κ3) is 5.84. The van der Waals surface area contributed by atoms with Crippen molar-refractivity contribution in [3.8, 4) is 0 Å². The highest BCUT2D eigenvalue weighted by atomic mass is 19.1. The summed E-state index contributed by atoms with van der Waals surface area (Å²) in [6.07, 6.45) is -3.41. The summed E-state index contributed by atoms with van der Waals surface area (Å²) in [4.78, 5) is 58.1. The minimum Gasteiger partial charge on any atom is -0.459 e. The van der Waals surface area contributed by atoms with E-state index in [1.165, 1.54) is 29.1 Å². The number of ether oxygens (including phenoxy) is 3. The number of fused-ring (bicyclic) bond motifs is 1. The molecule has 0 radical (unpaired) electrons. The number of hydrogen-bond acceptors (Lipinski definition) is 9. The number of imidazole rings is 1. The first-order valence-corrected chi connectivity index (χ1v) is 12.8. The van der Waals surface area contributed by atoms with Crippen LogP contribution in [-0.2, 0) is 19.0 Å². The van der Waals surface area contributed by atoms with Crippen molar-refractivity contribution in [3.05, 3.63) is 94.7 Å². The summed E-state index contributed by atoms with van der Waals surface area (Å²) in [5.41, 5.74) is -0.291. The lowest BCUT2D eigenvalue weighted by atomic mass is 10.1. The number of hydrogen-bond donors (Lipinski definition) is 1. The Morgan fingerprint density at radius 2 is 1.61 bits per heavy atom. The van der Waals surface area contributed by atoms with Crippen molar-refractivity contribution in [1.29, 1.82) is 0 Å². The lowest BCUT2D eigenvalue weighted by Crippen LogP contribution is -2.37. The Labute approximate surface area is 232 Å². The molecule has 2 aromatic carbocycles. The number of benzene rings is 2. The summed E-state index contributed by atoms with van der Waals surface area (Å²) in [7, 11) is 0. The molecule has 13 heteroatoms. The van der Waals surface area contributed by atoms with Gasteiger partial charge in [-0.2, -0.15) is 9.97 Å². The van der Waals surface area contributed by atoms with Crippen LogP contribution in [0.1, 0.15) is 40.8 Å². The first-order valence-electron chi connectivity index (χ1n) is 12.8. The van der Waals surface area contributed by atoms with Gasteiger partial charge < -0.3 is 14.2 Å². The van der Waals surface area contributed by atoms with Crippen LogP contribution in [0.4, 0.5) is 10.3 Å². The molecular weight excluding hydrogens is 537 g/mol.